The highest BCUT2D eigenvalue weighted by Crippen LogP contribution is 2.24. The molecule has 1 aliphatic heterocycles. The average molecular weight is 321 g/mol. The molecule has 1 amide bonds. The fourth-order valence-electron chi connectivity index (χ4n) is 3.17. The third kappa shape index (κ3) is 4.26. The van der Waals surface area contributed by atoms with E-state index in [0.29, 0.717) is 12.1 Å². The number of nitrogens with zero attached hydrogens (tertiary/aromatic N) is 2. The van der Waals surface area contributed by atoms with E-state index in [1.165, 1.54) is 5.56 Å². The van der Waals surface area contributed by atoms with Crippen LogP contribution in [-0.2, 0) is 11.3 Å². The van der Waals surface area contributed by atoms with E-state index in [2.05, 4.69) is 42.2 Å². The summed E-state index contributed by atoms with van der Waals surface area (Å²) >= 11 is 1.63. The normalized spacial score (nSPS) is 24.0. The highest BCUT2D eigenvalue weighted by molar-refractivity contribution is 7.99. The van der Waals surface area contributed by atoms with Crippen molar-refractivity contribution >= 4 is 17.7 Å². The van der Waals surface area contributed by atoms with E-state index in [9.17, 15) is 4.79 Å². The third-order valence-electron chi connectivity index (χ3n) is 4.81. The van der Waals surface area contributed by atoms with Crippen molar-refractivity contribution in [1.82, 2.24) is 9.80 Å². The average Bonchev–Trinajstić information content (AvgIpc) is 2.55. The molecule has 0 N–H and O–H groups in total. The smallest absolute Gasteiger partial charge is 0.235 e. The minimum Gasteiger partial charge on any atom is -0.342 e. The highest BCUT2D eigenvalue weighted by atomic mass is 32.2. The van der Waals surface area contributed by atoms with Crippen LogP contribution in [0, 0.1) is 0 Å². The number of carbonyl (C=O) groups is 1. The second kappa shape index (κ2) is 8.02. The number of hydrogen-bond acceptors (Lipinski definition) is 3. The number of carbonyl (C=O) groups excluding carboxylic acids is 1. The molecule has 1 aromatic carbocycles. The lowest BCUT2D eigenvalue weighted by Gasteiger charge is -2.41. The van der Waals surface area contributed by atoms with Gasteiger partial charge in [-0.2, -0.15) is 11.8 Å². The van der Waals surface area contributed by atoms with Gasteiger partial charge >= 0.3 is 0 Å². The summed E-state index contributed by atoms with van der Waals surface area (Å²) < 4.78 is 0. The van der Waals surface area contributed by atoms with Crippen molar-refractivity contribution in [3.05, 3.63) is 35.9 Å². The van der Waals surface area contributed by atoms with Crippen LogP contribution in [0.15, 0.2) is 30.3 Å². The molecule has 1 fully saturated rings. The maximum atomic E-state index is 12.3. The molecule has 1 saturated heterocycles. The van der Waals surface area contributed by atoms with Gasteiger partial charge < -0.3 is 4.90 Å². The van der Waals surface area contributed by atoms with Crippen LogP contribution in [0.1, 0.15) is 32.3 Å². The third-order valence-corrected chi connectivity index (χ3v) is 5.72. The van der Waals surface area contributed by atoms with Crippen LogP contribution in [0.25, 0.3) is 0 Å². The van der Waals surface area contributed by atoms with Crippen molar-refractivity contribution < 1.29 is 4.79 Å². The van der Waals surface area contributed by atoms with Gasteiger partial charge in [-0.1, -0.05) is 30.3 Å². The van der Waals surface area contributed by atoms with Gasteiger partial charge in [-0.3, -0.25) is 9.69 Å². The monoisotopic (exact) mass is 320 g/mol. The number of amides is 1. The first-order valence-corrected chi connectivity index (χ1v) is 9.39. The summed E-state index contributed by atoms with van der Waals surface area (Å²) in [5.74, 6) is 0.265. The van der Waals surface area contributed by atoms with Crippen molar-refractivity contribution in [1.29, 1.82) is 0 Å². The summed E-state index contributed by atoms with van der Waals surface area (Å²) in [6.45, 7) is 6.35. The van der Waals surface area contributed by atoms with Crippen LogP contribution in [0.3, 0.4) is 0 Å². The van der Waals surface area contributed by atoms with Gasteiger partial charge in [-0.15, -0.1) is 0 Å². The van der Waals surface area contributed by atoms with E-state index in [1.54, 1.807) is 11.8 Å². The summed E-state index contributed by atoms with van der Waals surface area (Å²) in [5, 5.41) is 0.0580. The van der Waals surface area contributed by atoms with Crippen molar-refractivity contribution in [3.63, 3.8) is 0 Å². The largest absolute Gasteiger partial charge is 0.342 e. The number of rotatable bonds is 5. The first-order chi connectivity index (χ1) is 10.5. The molecular formula is C18H28N2OS. The minimum atomic E-state index is 0.0580. The van der Waals surface area contributed by atoms with E-state index in [4.69, 9.17) is 0 Å². The zero-order chi connectivity index (χ0) is 16.1. The first kappa shape index (κ1) is 17.4. The molecule has 0 radical (unpaired) electrons. The maximum Gasteiger partial charge on any atom is 0.235 e. The number of likely N-dealkylation sites (tertiary alicyclic amines) is 1. The Labute approximate surface area is 139 Å². The Balaban J connectivity index is 1.91. The number of thioether (sulfide) groups is 1. The second-order valence-corrected chi connectivity index (χ2v) is 7.49. The molecule has 1 heterocycles. The molecule has 3 atom stereocenters. The van der Waals surface area contributed by atoms with Crippen LogP contribution in [0.2, 0.25) is 0 Å². The first-order valence-electron chi connectivity index (χ1n) is 8.10. The van der Waals surface area contributed by atoms with Gasteiger partial charge in [-0.05, 0) is 38.5 Å². The molecule has 3 nitrogen and oxygen atoms in total. The van der Waals surface area contributed by atoms with Crippen LogP contribution >= 0.6 is 11.8 Å². The number of benzene rings is 1. The summed E-state index contributed by atoms with van der Waals surface area (Å²) in [5.41, 5.74) is 1.37. The molecule has 122 valence electrons. The lowest BCUT2D eigenvalue weighted by Crippen LogP contribution is -2.50. The quantitative estimate of drug-likeness (QED) is 0.832. The fourth-order valence-corrected chi connectivity index (χ4v) is 3.54. The van der Waals surface area contributed by atoms with Crippen molar-refractivity contribution in [2.75, 3.05) is 19.8 Å². The molecule has 0 aliphatic carbocycles. The van der Waals surface area contributed by atoms with Crippen molar-refractivity contribution in [2.24, 2.45) is 0 Å². The predicted octanol–water partition coefficient (Wildman–Crippen LogP) is 3.25. The molecule has 0 unspecified atom stereocenters. The molecular weight excluding hydrogens is 292 g/mol. The maximum absolute atomic E-state index is 12.3. The van der Waals surface area contributed by atoms with Gasteiger partial charge in [0.25, 0.3) is 0 Å². The summed E-state index contributed by atoms with van der Waals surface area (Å²) in [4.78, 5) is 16.9. The van der Waals surface area contributed by atoms with Gasteiger partial charge in [-0.25, -0.2) is 0 Å². The lowest BCUT2D eigenvalue weighted by molar-refractivity contribution is -0.132. The van der Waals surface area contributed by atoms with Crippen LogP contribution in [0.5, 0.6) is 0 Å². The zero-order valence-corrected chi connectivity index (χ0v) is 15.0. The Morgan fingerprint density at radius 3 is 2.68 bits per heavy atom. The van der Waals surface area contributed by atoms with Gasteiger partial charge in [0.2, 0.25) is 5.91 Å². The molecule has 22 heavy (non-hydrogen) atoms. The van der Waals surface area contributed by atoms with Crippen molar-refractivity contribution in [3.8, 4) is 0 Å². The van der Waals surface area contributed by atoms with E-state index < -0.39 is 0 Å². The Morgan fingerprint density at radius 1 is 1.41 bits per heavy atom. The Morgan fingerprint density at radius 2 is 2.09 bits per heavy atom. The number of hydrogen-bond donors (Lipinski definition) is 0. The second-order valence-electron chi connectivity index (χ2n) is 6.31. The Bertz CT molecular complexity index is 479. The van der Waals surface area contributed by atoms with Crippen LogP contribution < -0.4 is 0 Å². The van der Waals surface area contributed by atoms with E-state index in [-0.39, 0.29) is 11.2 Å². The van der Waals surface area contributed by atoms with E-state index in [1.807, 2.05) is 25.1 Å². The molecule has 1 aromatic rings. The summed E-state index contributed by atoms with van der Waals surface area (Å²) in [7, 11) is 1.97. The highest BCUT2D eigenvalue weighted by Gasteiger charge is 2.31. The minimum absolute atomic E-state index is 0.0580. The Kier molecular flexibility index (Phi) is 6.33. The zero-order valence-electron chi connectivity index (χ0n) is 14.2. The summed E-state index contributed by atoms with van der Waals surface area (Å²) in [6, 6.07) is 11.5. The fraction of sp³-hybridized carbons (Fsp3) is 0.611. The summed E-state index contributed by atoms with van der Waals surface area (Å²) in [6.07, 6.45) is 4.14. The van der Waals surface area contributed by atoms with Gasteiger partial charge in [0, 0.05) is 32.2 Å². The number of piperidine rings is 1. The van der Waals surface area contributed by atoms with Gasteiger partial charge in [0.1, 0.15) is 0 Å². The molecule has 0 spiro atoms. The molecule has 1 aliphatic rings. The SMILES string of the molecule is CS[C@H](C)C(=O)N(C)[C@@H]1CCN(Cc2ccccc2)[C@@H](C)C1. The molecule has 0 bridgehead atoms. The van der Waals surface area contributed by atoms with Crippen molar-refractivity contribution in [2.45, 2.75) is 50.6 Å². The van der Waals surface area contributed by atoms with Gasteiger partial charge in [0.05, 0.1) is 5.25 Å². The molecule has 0 aromatic heterocycles. The molecule has 0 saturated carbocycles. The Hall–Kier alpha value is -1.00. The predicted molar refractivity (Wildman–Crippen MR) is 95.1 cm³/mol. The molecule has 4 heteroatoms. The van der Waals surface area contributed by atoms with Crippen LogP contribution in [-0.4, -0.2) is 52.9 Å². The van der Waals surface area contributed by atoms with E-state index in [0.717, 1.165) is 25.9 Å². The standard InChI is InChI=1S/C18H28N2OS/c1-14-12-17(19(3)18(21)15(2)22-4)10-11-20(14)13-16-8-6-5-7-9-16/h5-9,14-15,17H,10-13H2,1-4H3/t14-,15+,17+/m0/s1. The lowest BCUT2D eigenvalue weighted by atomic mass is 9.96. The van der Waals surface area contributed by atoms with E-state index >= 15 is 0 Å². The topological polar surface area (TPSA) is 23.6 Å². The van der Waals surface area contributed by atoms with Crippen LogP contribution in [0.4, 0.5) is 0 Å². The van der Waals surface area contributed by atoms with Gasteiger partial charge in [0.15, 0.2) is 0 Å². The molecule has 2 rings (SSSR count).